The van der Waals surface area contributed by atoms with Gasteiger partial charge in [-0.1, -0.05) is 24.2 Å². The van der Waals surface area contributed by atoms with Crippen LogP contribution in [-0.2, 0) is 9.53 Å². The van der Waals surface area contributed by atoms with E-state index < -0.39 is 5.60 Å². The van der Waals surface area contributed by atoms with Gasteiger partial charge in [-0.2, -0.15) is 5.26 Å². The summed E-state index contributed by atoms with van der Waals surface area (Å²) in [5, 5.41) is 9.01. The van der Waals surface area contributed by atoms with Gasteiger partial charge < -0.3 is 4.74 Å². The molecule has 0 spiro atoms. The van der Waals surface area contributed by atoms with E-state index in [0.717, 1.165) is 43.1 Å². The van der Waals surface area contributed by atoms with Crippen LogP contribution in [0.25, 0.3) is 0 Å². The van der Waals surface area contributed by atoms with Crippen LogP contribution in [0.2, 0.25) is 5.82 Å². The smallest absolute Gasteiger partial charge is 0.325 e. The number of nitriles is 1. The van der Waals surface area contributed by atoms with E-state index in [9.17, 15) is 4.79 Å². The van der Waals surface area contributed by atoms with Crippen molar-refractivity contribution in [3.8, 4) is 6.07 Å². The molecule has 0 unspecified atom stereocenters. The zero-order chi connectivity index (χ0) is 15.6. The molecule has 0 bridgehead atoms. The molecular formula is C17H24BNO2. The van der Waals surface area contributed by atoms with E-state index in [4.69, 9.17) is 10.00 Å². The van der Waals surface area contributed by atoms with E-state index in [2.05, 4.69) is 12.6 Å². The van der Waals surface area contributed by atoms with Crippen LogP contribution < -0.4 is 0 Å². The molecule has 0 atom stereocenters. The number of hydrogen-bond donors (Lipinski definition) is 0. The van der Waals surface area contributed by atoms with Gasteiger partial charge in [0.25, 0.3) is 0 Å². The molecule has 1 fully saturated rings. The minimum Gasteiger partial charge on any atom is -0.457 e. The van der Waals surface area contributed by atoms with Gasteiger partial charge in [0.2, 0.25) is 6.71 Å². The predicted octanol–water partition coefficient (Wildman–Crippen LogP) is 3.87. The Bertz CT molecular complexity index is 507. The highest BCUT2D eigenvalue weighted by Gasteiger charge is 2.40. The summed E-state index contributed by atoms with van der Waals surface area (Å²) in [5.41, 5.74) is 1.53. The second-order valence-corrected chi connectivity index (χ2v) is 7.02. The highest BCUT2D eigenvalue weighted by molar-refractivity contribution is 6.77. The van der Waals surface area contributed by atoms with Crippen LogP contribution in [-0.4, -0.2) is 18.3 Å². The molecule has 2 aliphatic rings. The molecule has 1 heterocycles. The zero-order valence-electron chi connectivity index (χ0n) is 13.3. The van der Waals surface area contributed by atoms with Crippen molar-refractivity contribution in [1.29, 1.82) is 5.26 Å². The van der Waals surface area contributed by atoms with E-state index in [1.807, 2.05) is 26.7 Å². The largest absolute Gasteiger partial charge is 0.457 e. The van der Waals surface area contributed by atoms with Gasteiger partial charge in [-0.15, -0.1) is 12.6 Å². The number of nitrogens with zero attached hydrogens (tertiary/aromatic N) is 1. The van der Waals surface area contributed by atoms with E-state index in [1.54, 1.807) is 0 Å². The molecule has 0 N–H and O–H groups in total. The van der Waals surface area contributed by atoms with Gasteiger partial charge in [0.05, 0.1) is 6.07 Å². The summed E-state index contributed by atoms with van der Waals surface area (Å²) in [6.07, 6.45) is 4.62. The lowest BCUT2D eigenvalue weighted by Gasteiger charge is -2.36. The second kappa shape index (κ2) is 6.09. The summed E-state index contributed by atoms with van der Waals surface area (Å²) in [5.74, 6) is 2.30. The Morgan fingerprint density at radius 1 is 1.38 bits per heavy atom. The van der Waals surface area contributed by atoms with Crippen LogP contribution in [0.1, 0.15) is 52.9 Å². The van der Waals surface area contributed by atoms with Crippen molar-refractivity contribution in [3.63, 3.8) is 0 Å². The summed E-state index contributed by atoms with van der Waals surface area (Å²) >= 11 is 0. The monoisotopic (exact) mass is 285 g/mol. The number of carbonyl (C=O) groups is 1. The molecule has 2 rings (SSSR count). The number of ether oxygens (including phenoxy) is 1. The average molecular weight is 285 g/mol. The molecule has 0 aromatic carbocycles. The van der Waals surface area contributed by atoms with Gasteiger partial charge in [-0.3, -0.25) is 0 Å². The fourth-order valence-corrected chi connectivity index (χ4v) is 3.82. The van der Waals surface area contributed by atoms with Crippen LogP contribution in [0.5, 0.6) is 0 Å². The SMILES string of the molecule is C=CB(C1=C(C)CC(C)(C)OC1=O)C1CCC(C#N)CC1. The Hall–Kier alpha value is -1.50. The molecule has 3 nitrogen and oxygen atoms in total. The van der Waals surface area contributed by atoms with Crippen molar-refractivity contribution in [2.75, 3.05) is 0 Å². The molecule has 0 saturated heterocycles. The van der Waals surface area contributed by atoms with Crippen molar-refractivity contribution in [2.24, 2.45) is 5.92 Å². The molecule has 0 aromatic rings. The zero-order valence-corrected chi connectivity index (χ0v) is 13.3. The summed E-state index contributed by atoms with van der Waals surface area (Å²) in [7, 11) is 0. The van der Waals surface area contributed by atoms with Gasteiger partial charge in [-0.05, 0) is 33.6 Å². The average Bonchev–Trinajstić information content (AvgIpc) is 2.42. The Morgan fingerprint density at radius 2 is 2.00 bits per heavy atom. The fraction of sp³-hybridized carbons (Fsp3) is 0.647. The van der Waals surface area contributed by atoms with Gasteiger partial charge in [0, 0.05) is 17.8 Å². The minimum atomic E-state index is -0.408. The summed E-state index contributed by atoms with van der Waals surface area (Å²) < 4.78 is 5.58. The molecule has 1 saturated carbocycles. The molecule has 0 radical (unpaired) electrons. The van der Waals surface area contributed by atoms with E-state index in [-0.39, 0.29) is 18.6 Å². The van der Waals surface area contributed by atoms with Gasteiger partial charge in [0.15, 0.2) is 0 Å². The normalized spacial score (nSPS) is 28.6. The fourth-order valence-electron chi connectivity index (χ4n) is 3.82. The Morgan fingerprint density at radius 3 is 2.48 bits per heavy atom. The molecule has 112 valence electrons. The maximum absolute atomic E-state index is 12.4. The third kappa shape index (κ3) is 3.40. The highest BCUT2D eigenvalue weighted by atomic mass is 16.6. The van der Waals surface area contributed by atoms with Crippen LogP contribution in [0.15, 0.2) is 23.6 Å². The van der Waals surface area contributed by atoms with Crippen molar-refractivity contribution >= 4 is 12.7 Å². The molecule has 0 aromatic heterocycles. The highest BCUT2D eigenvalue weighted by Crippen LogP contribution is 2.40. The molecule has 1 aliphatic heterocycles. The Labute approximate surface area is 128 Å². The number of rotatable bonds is 3. The number of cyclic esters (lactones) is 1. The lowest BCUT2D eigenvalue weighted by Crippen LogP contribution is -2.40. The molecule has 4 heteroatoms. The first-order valence-corrected chi connectivity index (χ1v) is 7.83. The van der Waals surface area contributed by atoms with Crippen LogP contribution >= 0.6 is 0 Å². The topological polar surface area (TPSA) is 50.1 Å². The number of esters is 1. The Balaban J connectivity index is 2.20. The summed E-state index contributed by atoms with van der Waals surface area (Å²) in [6.45, 7) is 9.95. The molecule has 1 aliphatic carbocycles. The molecular weight excluding hydrogens is 261 g/mol. The minimum absolute atomic E-state index is 0.0632. The lowest BCUT2D eigenvalue weighted by molar-refractivity contribution is -0.152. The van der Waals surface area contributed by atoms with E-state index >= 15 is 0 Å². The van der Waals surface area contributed by atoms with Gasteiger partial charge in [-0.25, -0.2) is 4.79 Å². The van der Waals surface area contributed by atoms with Crippen LogP contribution in [0, 0.1) is 17.2 Å². The van der Waals surface area contributed by atoms with E-state index in [1.165, 1.54) is 0 Å². The summed E-state index contributed by atoms with van der Waals surface area (Å²) in [6, 6.07) is 2.36. The predicted molar refractivity (Wildman–Crippen MR) is 84.8 cm³/mol. The third-order valence-corrected chi connectivity index (χ3v) is 4.79. The first-order valence-electron chi connectivity index (χ1n) is 7.83. The molecule has 0 amide bonds. The van der Waals surface area contributed by atoms with Crippen molar-refractivity contribution < 1.29 is 9.53 Å². The Kier molecular flexibility index (Phi) is 4.61. The lowest BCUT2D eigenvalue weighted by atomic mass is 9.33. The molecule has 21 heavy (non-hydrogen) atoms. The maximum Gasteiger partial charge on any atom is 0.325 e. The van der Waals surface area contributed by atoms with Crippen LogP contribution in [0.4, 0.5) is 0 Å². The first kappa shape index (κ1) is 15.9. The van der Waals surface area contributed by atoms with Crippen molar-refractivity contribution in [3.05, 3.63) is 23.6 Å². The van der Waals surface area contributed by atoms with Gasteiger partial charge in [0.1, 0.15) is 5.60 Å². The van der Waals surface area contributed by atoms with Crippen molar-refractivity contribution in [2.45, 2.75) is 64.3 Å². The third-order valence-electron chi connectivity index (χ3n) is 4.79. The van der Waals surface area contributed by atoms with Crippen LogP contribution in [0.3, 0.4) is 0 Å². The maximum atomic E-state index is 12.4. The van der Waals surface area contributed by atoms with Gasteiger partial charge >= 0.3 is 5.97 Å². The second-order valence-electron chi connectivity index (χ2n) is 7.02. The number of carbonyl (C=O) groups excluding carboxylic acids is 1. The summed E-state index contributed by atoms with van der Waals surface area (Å²) in [4.78, 5) is 12.4. The quantitative estimate of drug-likeness (QED) is 0.584. The standard InChI is InChI=1S/C17H24BNO2/c1-5-18(14-8-6-13(11-19)7-9-14)15-12(2)10-17(3,4)21-16(15)20/h5,13-14H,1,6-10H2,2-4H3. The van der Waals surface area contributed by atoms with E-state index in [0.29, 0.717) is 5.82 Å². The first-order chi connectivity index (χ1) is 9.88. The number of hydrogen-bond acceptors (Lipinski definition) is 3. The van der Waals surface area contributed by atoms with Crippen molar-refractivity contribution in [1.82, 2.24) is 0 Å².